The van der Waals surface area contributed by atoms with Crippen LogP contribution in [0.1, 0.15) is 108 Å². The lowest BCUT2D eigenvalue weighted by molar-refractivity contribution is -0.155. The second-order valence-electron chi connectivity index (χ2n) is 16.3. The molecule has 1 aromatic rings. The third-order valence-corrected chi connectivity index (χ3v) is 11.0. The fourth-order valence-corrected chi connectivity index (χ4v) is 7.58. The molecule has 0 aromatic heterocycles. The molecule has 2 fully saturated rings. The van der Waals surface area contributed by atoms with Gasteiger partial charge in [-0.2, -0.15) is 0 Å². The number of Topliss-reactive ketones (excluding diaryl/α,β-unsaturated/α-hetero) is 1. The van der Waals surface area contributed by atoms with E-state index in [1.54, 1.807) is 6.92 Å². The number of rotatable bonds is 14. The number of hydrogen-bond acceptors (Lipinski definition) is 5. The van der Waals surface area contributed by atoms with Gasteiger partial charge in [-0.05, 0) is 89.0 Å². The van der Waals surface area contributed by atoms with Crippen molar-refractivity contribution in [3.05, 3.63) is 60.2 Å². The van der Waals surface area contributed by atoms with Crippen molar-refractivity contribution in [1.82, 2.24) is 4.90 Å². The number of ether oxygens (including phenoxy) is 1. The molecule has 1 saturated carbocycles. The molecule has 0 radical (unpaired) electrons. The molecule has 1 heterocycles. The van der Waals surface area contributed by atoms with Crippen molar-refractivity contribution < 1.29 is 24.2 Å². The molecule has 3 rings (SSSR count). The Labute approximate surface area is 272 Å². The van der Waals surface area contributed by atoms with Gasteiger partial charge in [0.15, 0.2) is 5.78 Å². The molecule has 45 heavy (non-hydrogen) atoms. The number of carbonyl (C=O) groups is 3. The molecular weight excluding hydrogens is 562 g/mol. The summed E-state index contributed by atoms with van der Waals surface area (Å²) in [6, 6.07) is 10.4. The van der Waals surface area contributed by atoms with Crippen LogP contribution in [-0.4, -0.2) is 51.5 Å². The predicted molar refractivity (Wildman–Crippen MR) is 181 cm³/mol. The Hall–Kier alpha value is -2.57. The maximum absolute atomic E-state index is 14.2. The third kappa shape index (κ3) is 7.88. The van der Waals surface area contributed by atoms with Crippen LogP contribution in [0.4, 0.5) is 0 Å². The zero-order valence-corrected chi connectivity index (χ0v) is 29.9. The van der Waals surface area contributed by atoms with Gasteiger partial charge in [-0.3, -0.25) is 19.3 Å². The largest absolute Gasteiger partial charge is 0.383 e. The van der Waals surface area contributed by atoms with E-state index < -0.39 is 17.3 Å². The molecule has 5 unspecified atom stereocenters. The predicted octanol–water partition coefficient (Wildman–Crippen LogP) is 7.69. The van der Waals surface area contributed by atoms with Gasteiger partial charge in [0, 0.05) is 12.0 Å². The van der Waals surface area contributed by atoms with Crippen molar-refractivity contribution in [2.45, 2.75) is 125 Å². The van der Waals surface area contributed by atoms with Crippen LogP contribution >= 0.6 is 0 Å². The Kier molecular flexibility index (Phi) is 10.9. The molecule has 0 spiro atoms. The Bertz CT molecular complexity index is 1280. The smallest absolute Gasteiger partial charge is 0.233 e. The van der Waals surface area contributed by atoms with E-state index in [4.69, 9.17) is 4.74 Å². The number of nitrogens with zero attached hydrogens (tertiary/aromatic N) is 1. The molecule has 1 aliphatic heterocycles. The van der Waals surface area contributed by atoms with Gasteiger partial charge in [0.1, 0.15) is 11.7 Å². The summed E-state index contributed by atoms with van der Waals surface area (Å²) in [7, 11) is 0. The van der Waals surface area contributed by atoms with Gasteiger partial charge in [0.25, 0.3) is 0 Å². The normalized spacial score (nSPS) is 24.2. The first-order chi connectivity index (χ1) is 20.6. The van der Waals surface area contributed by atoms with Crippen LogP contribution in [-0.2, 0) is 24.5 Å². The second kappa shape index (κ2) is 13.3. The molecule has 250 valence electrons. The van der Waals surface area contributed by atoms with E-state index in [0.717, 1.165) is 6.42 Å². The minimum absolute atomic E-state index is 0.0291. The molecule has 1 aliphatic carbocycles. The first kappa shape index (κ1) is 36.9. The highest BCUT2D eigenvalue weighted by Gasteiger charge is 2.62. The molecule has 1 aromatic carbocycles. The quantitative estimate of drug-likeness (QED) is 0.170. The Balaban J connectivity index is 1.86. The average Bonchev–Trinajstić information content (AvgIpc) is 3.43. The summed E-state index contributed by atoms with van der Waals surface area (Å²) in [5, 5.41) is 10.1. The van der Waals surface area contributed by atoms with Gasteiger partial charge in [0.05, 0.1) is 17.4 Å². The van der Waals surface area contributed by atoms with E-state index >= 15 is 0 Å². The summed E-state index contributed by atoms with van der Waals surface area (Å²) >= 11 is 0. The summed E-state index contributed by atoms with van der Waals surface area (Å²) < 4.78 is 6.05. The highest BCUT2D eigenvalue weighted by atomic mass is 16.5. The second-order valence-corrected chi connectivity index (χ2v) is 16.3. The standard InChI is InChI=1S/C39H59NO5/c1-13-21-36(5,6)38(9,10)29-25-27(20-23-35(3,4)28-18-15-14-16-19-28)30-31(29)34(43)40(33(30)42)24-17-22-37(7,8)45-26(2)32(41)39(11,12)44/h13-16,18-21,23,26-27,29-31,44H,17,22,24-25H2,1-12H3/b21-13-,23-20+. The topological polar surface area (TPSA) is 83.9 Å². The maximum atomic E-state index is 14.2. The van der Waals surface area contributed by atoms with Gasteiger partial charge >= 0.3 is 0 Å². The van der Waals surface area contributed by atoms with Crippen molar-refractivity contribution >= 4 is 17.6 Å². The summed E-state index contributed by atoms with van der Waals surface area (Å²) in [5.74, 6) is -1.22. The van der Waals surface area contributed by atoms with Gasteiger partial charge < -0.3 is 9.84 Å². The molecular formula is C39H59NO5. The minimum Gasteiger partial charge on any atom is -0.383 e. The van der Waals surface area contributed by atoms with Gasteiger partial charge in [-0.1, -0.05) is 96.2 Å². The molecule has 6 nitrogen and oxygen atoms in total. The molecule has 1 saturated heterocycles. The fraction of sp³-hybridized carbons (Fsp3) is 0.667. The van der Waals surface area contributed by atoms with Crippen LogP contribution in [0.25, 0.3) is 0 Å². The number of aliphatic hydroxyl groups is 1. The van der Waals surface area contributed by atoms with E-state index in [2.05, 4.69) is 78.0 Å². The van der Waals surface area contributed by atoms with Gasteiger partial charge in [-0.25, -0.2) is 0 Å². The van der Waals surface area contributed by atoms with E-state index in [1.807, 2.05) is 39.0 Å². The van der Waals surface area contributed by atoms with Crippen LogP contribution in [0.15, 0.2) is 54.6 Å². The average molecular weight is 622 g/mol. The first-order valence-electron chi connectivity index (χ1n) is 16.8. The maximum Gasteiger partial charge on any atom is 0.233 e. The number of likely N-dealkylation sites (tertiary alicyclic amines) is 1. The molecule has 5 atom stereocenters. The molecule has 1 N–H and O–H groups in total. The molecule has 0 bridgehead atoms. The number of ketones is 1. The van der Waals surface area contributed by atoms with Crippen LogP contribution < -0.4 is 0 Å². The van der Waals surface area contributed by atoms with Crippen molar-refractivity contribution in [3.63, 3.8) is 0 Å². The number of hydrogen-bond donors (Lipinski definition) is 1. The van der Waals surface area contributed by atoms with E-state index in [1.165, 1.54) is 24.3 Å². The summed E-state index contributed by atoms with van der Waals surface area (Å²) in [6.07, 6.45) is 9.90. The van der Waals surface area contributed by atoms with E-state index in [0.29, 0.717) is 19.4 Å². The van der Waals surface area contributed by atoms with Crippen LogP contribution in [0, 0.1) is 34.5 Å². The van der Waals surface area contributed by atoms with Crippen molar-refractivity contribution in [2.75, 3.05) is 6.54 Å². The van der Waals surface area contributed by atoms with Crippen molar-refractivity contribution in [1.29, 1.82) is 0 Å². The van der Waals surface area contributed by atoms with Crippen molar-refractivity contribution in [2.24, 2.45) is 34.5 Å². The highest BCUT2D eigenvalue weighted by molar-refractivity contribution is 6.06. The van der Waals surface area contributed by atoms with Crippen molar-refractivity contribution in [3.8, 4) is 0 Å². The third-order valence-electron chi connectivity index (χ3n) is 11.0. The lowest BCUT2D eigenvalue weighted by Gasteiger charge is -2.46. The highest BCUT2D eigenvalue weighted by Crippen LogP contribution is 2.59. The van der Waals surface area contributed by atoms with Crippen LogP contribution in [0.2, 0.25) is 0 Å². The zero-order valence-electron chi connectivity index (χ0n) is 29.9. The molecule has 2 aliphatic rings. The zero-order chi connectivity index (χ0) is 34.2. The number of amides is 2. The number of fused-ring (bicyclic) bond motifs is 1. The monoisotopic (exact) mass is 621 g/mol. The SMILES string of the molecule is C/C=C\C(C)(C)C(C)(C)C1CC(/C=C/C(C)(C)c2ccccc2)C2C(=O)N(CCCC(C)(C)OC(C)C(=O)C(C)(C)O)C(=O)C21. The summed E-state index contributed by atoms with van der Waals surface area (Å²) in [4.78, 5) is 42.3. The van der Waals surface area contributed by atoms with Crippen LogP contribution in [0.3, 0.4) is 0 Å². The number of benzene rings is 1. The minimum atomic E-state index is -1.48. The van der Waals surface area contributed by atoms with Gasteiger partial charge in [0.2, 0.25) is 11.8 Å². The first-order valence-corrected chi connectivity index (χ1v) is 16.8. The van der Waals surface area contributed by atoms with E-state index in [9.17, 15) is 19.5 Å². The number of carbonyl (C=O) groups excluding carboxylic acids is 3. The molecule has 2 amide bonds. The van der Waals surface area contributed by atoms with Crippen LogP contribution in [0.5, 0.6) is 0 Å². The molecule has 6 heteroatoms. The number of allylic oxidation sites excluding steroid dienone is 4. The fourth-order valence-electron chi connectivity index (χ4n) is 7.58. The summed E-state index contributed by atoms with van der Waals surface area (Å²) in [6.45, 7) is 24.1. The lowest BCUT2D eigenvalue weighted by Crippen LogP contribution is -2.44. The Morgan fingerprint density at radius 2 is 1.53 bits per heavy atom. The summed E-state index contributed by atoms with van der Waals surface area (Å²) in [5.41, 5.74) is -1.55. The Morgan fingerprint density at radius 3 is 2.09 bits per heavy atom. The Morgan fingerprint density at radius 1 is 0.956 bits per heavy atom. The van der Waals surface area contributed by atoms with E-state index in [-0.39, 0.29) is 57.5 Å². The van der Waals surface area contributed by atoms with Gasteiger partial charge in [-0.15, -0.1) is 0 Å². The number of imide groups is 1. The lowest BCUT2D eigenvalue weighted by atomic mass is 9.58.